The van der Waals surface area contributed by atoms with E-state index < -0.39 is 10.0 Å². The Kier molecular flexibility index (Phi) is 4.54. The first-order chi connectivity index (χ1) is 9.90. The third-order valence-corrected chi connectivity index (χ3v) is 4.44. The van der Waals surface area contributed by atoms with Gasteiger partial charge in [-0.1, -0.05) is 12.1 Å². The summed E-state index contributed by atoms with van der Waals surface area (Å²) in [6.07, 6.45) is 3.18. The maximum atomic E-state index is 12.4. The molecule has 1 atom stereocenters. The van der Waals surface area contributed by atoms with Crippen LogP contribution in [0.15, 0.2) is 41.6 Å². The van der Waals surface area contributed by atoms with Gasteiger partial charge in [-0.15, -0.1) is 0 Å². The van der Waals surface area contributed by atoms with E-state index in [-0.39, 0.29) is 23.4 Å². The van der Waals surface area contributed by atoms with Gasteiger partial charge in [0.25, 0.3) is 0 Å². The fraction of sp³-hybridized carbons (Fsp3) is 0.286. The van der Waals surface area contributed by atoms with Gasteiger partial charge in [0.2, 0.25) is 15.9 Å². The molecule has 6 nitrogen and oxygen atoms in total. The first-order valence-electron chi connectivity index (χ1n) is 6.49. The normalized spacial score (nSPS) is 13.0. The summed E-state index contributed by atoms with van der Waals surface area (Å²) >= 11 is 0. The van der Waals surface area contributed by atoms with Crippen LogP contribution in [0.3, 0.4) is 0 Å². The molecule has 0 fully saturated rings. The summed E-state index contributed by atoms with van der Waals surface area (Å²) < 4.78 is 27.3. The van der Waals surface area contributed by atoms with Crippen molar-refractivity contribution in [1.29, 1.82) is 0 Å². The number of fused-ring (bicyclic) bond motifs is 1. The minimum Gasteiger partial charge on any atom is -0.353 e. The largest absolute Gasteiger partial charge is 0.353 e. The highest BCUT2D eigenvalue weighted by Crippen LogP contribution is 2.21. The minimum atomic E-state index is -3.65. The molecule has 0 spiro atoms. The molecular formula is C14H17N3O3S. The number of nitrogens with zero attached hydrogens (tertiary/aromatic N) is 1. The molecule has 1 unspecified atom stereocenters. The van der Waals surface area contributed by atoms with Crippen molar-refractivity contribution in [3.05, 3.63) is 36.7 Å². The topological polar surface area (TPSA) is 88.2 Å². The van der Waals surface area contributed by atoms with Crippen LogP contribution in [0.2, 0.25) is 0 Å². The molecule has 2 N–H and O–H groups in total. The summed E-state index contributed by atoms with van der Waals surface area (Å²) in [6.45, 7) is 3.25. The van der Waals surface area contributed by atoms with Crippen molar-refractivity contribution < 1.29 is 13.2 Å². The van der Waals surface area contributed by atoms with Crippen LogP contribution in [0, 0.1) is 0 Å². The third-order valence-electron chi connectivity index (χ3n) is 2.96. The third kappa shape index (κ3) is 3.77. The SMILES string of the molecule is CC(=O)NC(C)CNS(=O)(=O)c1cccc2cnccc12. The van der Waals surface area contributed by atoms with Gasteiger partial charge in [-0.2, -0.15) is 0 Å². The van der Waals surface area contributed by atoms with Gasteiger partial charge in [0.05, 0.1) is 4.90 Å². The Bertz CT molecular complexity index is 754. The molecule has 21 heavy (non-hydrogen) atoms. The Morgan fingerprint density at radius 3 is 2.81 bits per heavy atom. The van der Waals surface area contributed by atoms with E-state index in [0.29, 0.717) is 5.39 Å². The Morgan fingerprint density at radius 2 is 2.10 bits per heavy atom. The number of carbonyl (C=O) groups excluding carboxylic acids is 1. The van der Waals surface area contributed by atoms with Crippen LogP contribution in [0.5, 0.6) is 0 Å². The predicted octanol–water partition coefficient (Wildman–Crippen LogP) is 1.04. The predicted molar refractivity (Wildman–Crippen MR) is 80.2 cm³/mol. The standard InChI is InChI=1S/C14H17N3O3S/c1-10(17-11(2)18)8-16-21(19,20)14-5-3-4-12-9-15-7-6-13(12)14/h3-7,9-10,16H,8H2,1-2H3,(H,17,18). The fourth-order valence-corrected chi connectivity index (χ4v) is 3.40. The lowest BCUT2D eigenvalue weighted by Crippen LogP contribution is -2.40. The zero-order valence-electron chi connectivity index (χ0n) is 11.8. The molecule has 0 saturated heterocycles. The Labute approximate surface area is 123 Å². The lowest BCUT2D eigenvalue weighted by molar-refractivity contribution is -0.119. The molecule has 0 aliphatic carbocycles. The van der Waals surface area contributed by atoms with Crippen molar-refractivity contribution in [2.45, 2.75) is 24.8 Å². The molecule has 2 rings (SSSR count). The van der Waals surface area contributed by atoms with Crippen LogP contribution >= 0.6 is 0 Å². The lowest BCUT2D eigenvalue weighted by atomic mass is 10.2. The van der Waals surface area contributed by atoms with Gasteiger partial charge in [-0.05, 0) is 19.1 Å². The van der Waals surface area contributed by atoms with Gasteiger partial charge >= 0.3 is 0 Å². The Morgan fingerprint density at radius 1 is 1.33 bits per heavy atom. The second-order valence-electron chi connectivity index (χ2n) is 4.81. The van der Waals surface area contributed by atoms with Crippen molar-refractivity contribution in [2.24, 2.45) is 0 Å². The summed E-state index contributed by atoms with van der Waals surface area (Å²) in [4.78, 5) is 15.1. The van der Waals surface area contributed by atoms with Gasteiger partial charge in [-0.25, -0.2) is 13.1 Å². The number of sulfonamides is 1. The molecule has 1 heterocycles. The van der Waals surface area contributed by atoms with Gasteiger partial charge in [0, 0.05) is 42.7 Å². The van der Waals surface area contributed by atoms with Crippen molar-refractivity contribution >= 4 is 26.7 Å². The van der Waals surface area contributed by atoms with E-state index in [1.165, 1.54) is 6.92 Å². The number of aromatic nitrogens is 1. The van der Waals surface area contributed by atoms with Crippen LogP contribution in [0.1, 0.15) is 13.8 Å². The van der Waals surface area contributed by atoms with E-state index in [4.69, 9.17) is 0 Å². The number of rotatable bonds is 5. The first kappa shape index (κ1) is 15.4. The molecule has 112 valence electrons. The molecule has 1 aromatic carbocycles. The van der Waals surface area contributed by atoms with Crippen LogP contribution in [0.25, 0.3) is 10.8 Å². The number of pyridine rings is 1. The highest BCUT2D eigenvalue weighted by atomic mass is 32.2. The minimum absolute atomic E-state index is 0.128. The molecule has 0 bridgehead atoms. The number of benzene rings is 1. The van der Waals surface area contributed by atoms with Crippen molar-refractivity contribution in [1.82, 2.24) is 15.0 Å². The smallest absolute Gasteiger partial charge is 0.241 e. The number of hydrogen-bond acceptors (Lipinski definition) is 4. The molecule has 0 saturated carbocycles. The van der Waals surface area contributed by atoms with Crippen molar-refractivity contribution in [3.63, 3.8) is 0 Å². The highest BCUT2D eigenvalue weighted by Gasteiger charge is 2.18. The van der Waals surface area contributed by atoms with Crippen LogP contribution in [-0.2, 0) is 14.8 Å². The van der Waals surface area contributed by atoms with Gasteiger partial charge < -0.3 is 5.32 Å². The maximum absolute atomic E-state index is 12.4. The number of hydrogen-bond donors (Lipinski definition) is 2. The van der Waals surface area contributed by atoms with Gasteiger partial charge in [0.1, 0.15) is 0 Å². The number of nitrogens with one attached hydrogen (secondary N) is 2. The zero-order valence-corrected chi connectivity index (χ0v) is 12.6. The summed E-state index contributed by atoms with van der Waals surface area (Å²) in [6, 6.07) is 6.42. The van der Waals surface area contributed by atoms with Crippen LogP contribution in [-0.4, -0.2) is 31.9 Å². The molecule has 1 aromatic heterocycles. The Hall–Kier alpha value is -1.99. The lowest BCUT2D eigenvalue weighted by Gasteiger charge is -2.14. The van der Waals surface area contributed by atoms with Gasteiger partial charge in [0.15, 0.2) is 0 Å². The molecule has 7 heteroatoms. The second kappa shape index (κ2) is 6.19. The molecule has 0 radical (unpaired) electrons. The van der Waals surface area contributed by atoms with Crippen molar-refractivity contribution in [2.75, 3.05) is 6.54 Å². The van der Waals surface area contributed by atoms with E-state index >= 15 is 0 Å². The average Bonchev–Trinajstić information content (AvgIpc) is 2.44. The number of amides is 1. The Balaban J connectivity index is 2.24. The summed E-state index contributed by atoms with van der Waals surface area (Å²) in [5.74, 6) is -0.196. The second-order valence-corrected chi connectivity index (χ2v) is 6.54. The molecule has 0 aliphatic rings. The highest BCUT2D eigenvalue weighted by molar-refractivity contribution is 7.89. The summed E-state index contributed by atoms with van der Waals surface area (Å²) in [7, 11) is -3.65. The van der Waals surface area contributed by atoms with E-state index in [2.05, 4.69) is 15.0 Å². The van der Waals surface area contributed by atoms with E-state index in [9.17, 15) is 13.2 Å². The number of carbonyl (C=O) groups is 1. The zero-order chi connectivity index (χ0) is 15.5. The monoisotopic (exact) mass is 307 g/mol. The van der Waals surface area contributed by atoms with Crippen LogP contribution < -0.4 is 10.0 Å². The molecular weight excluding hydrogens is 290 g/mol. The molecule has 1 amide bonds. The maximum Gasteiger partial charge on any atom is 0.241 e. The quantitative estimate of drug-likeness (QED) is 0.864. The molecule has 2 aromatic rings. The summed E-state index contributed by atoms with van der Waals surface area (Å²) in [5.41, 5.74) is 0. The van der Waals surface area contributed by atoms with Crippen molar-refractivity contribution in [3.8, 4) is 0 Å². The fourth-order valence-electron chi connectivity index (χ4n) is 2.04. The average molecular weight is 307 g/mol. The molecule has 0 aliphatic heterocycles. The first-order valence-corrected chi connectivity index (χ1v) is 7.98. The van der Waals surface area contributed by atoms with E-state index in [1.54, 1.807) is 43.6 Å². The van der Waals surface area contributed by atoms with Crippen LogP contribution in [0.4, 0.5) is 0 Å². The van der Waals surface area contributed by atoms with E-state index in [0.717, 1.165) is 5.39 Å². The van der Waals surface area contributed by atoms with Gasteiger partial charge in [-0.3, -0.25) is 9.78 Å². The van der Waals surface area contributed by atoms with E-state index in [1.807, 2.05) is 0 Å². The summed E-state index contributed by atoms with van der Waals surface area (Å²) in [5, 5.41) is 4.01.